The third kappa shape index (κ3) is 3.09. The fourth-order valence-electron chi connectivity index (χ4n) is 2.86. The van der Waals surface area contributed by atoms with E-state index in [4.69, 9.17) is 0 Å². The highest BCUT2D eigenvalue weighted by atomic mass is 32.1. The zero-order valence-corrected chi connectivity index (χ0v) is 14.3. The van der Waals surface area contributed by atoms with Crippen molar-refractivity contribution in [2.24, 2.45) is 0 Å². The quantitative estimate of drug-likeness (QED) is 0.495. The Kier molecular flexibility index (Phi) is 3.90. The third-order valence-electron chi connectivity index (χ3n) is 3.96. The minimum atomic E-state index is -0.139. The van der Waals surface area contributed by atoms with Gasteiger partial charge in [0.1, 0.15) is 17.8 Å². The fraction of sp³-hybridized carbons (Fsp3) is 0.176. The largest absolute Gasteiger partial charge is 0.325 e. The van der Waals surface area contributed by atoms with Crippen molar-refractivity contribution >= 4 is 32.5 Å². The predicted octanol–water partition coefficient (Wildman–Crippen LogP) is 0.436. The van der Waals surface area contributed by atoms with Gasteiger partial charge in [-0.05, 0) is 23.6 Å². The molecule has 8 heteroatoms. The van der Waals surface area contributed by atoms with E-state index >= 15 is 0 Å². The summed E-state index contributed by atoms with van der Waals surface area (Å²) in [6.07, 6.45) is 0. The van der Waals surface area contributed by atoms with Crippen LogP contribution in [-0.4, -0.2) is 27.0 Å². The molecule has 126 valence electrons. The zero-order valence-electron chi connectivity index (χ0n) is 13.5. The van der Waals surface area contributed by atoms with Gasteiger partial charge in [-0.15, -0.1) is 11.3 Å². The summed E-state index contributed by atoms with van der Waals surface area (Å²) in [5.41, 5.74) is 1.15. The molecular weight excluding hydrogens is 338 g/mol. The molecule has 0 aliphatic rings. The number of nitrogens with zero attached hydrogens (tertiary/aromatic N) is 2. The van der Waals surface area contributed by atoms with Crippen LogP contribution >= 0.6 is 11.3 Å². The summed E-state index contributed by atoms with van der Waals surface area (Å²) < 4.78 is 0.641. The number of benzene rings is 1. The van der Waals surface area contributed by atoms with Crippen molar-refractivity contribution in [1.82, 2.24) is 19.9 Å². The Morgan fingerprint density at radius 2 is 1.64 bits per heavy atom. The molecule has 0 spiro atoms. The number of para-hydroxylation sites is 1. The molecule has 4 aromatic rings. The second-order valence-electron chi connectivity index (χ2n) is 5.99. The third-order valence-corrected chi connectivity index (χ3v) is 4.87. The molecule has 0 saturated heterocycles. The van der Waals surface area contributed by atoms with Crippen molar-refractivity contribution in [1.29, 1.82) is 0 Å². The summed E-state index contributed by atoms with van der Waals surface area (Å²) in [5.74, 6) is 1.23. The standard InChI is InChI=1S/C17H15N5O2S/c1-22(9-14-19-12-6-7-25-15(12)17(24)21-14)8-13-18-11-5-3-2-4-10(11)16(23)20-13/h2-7H,8-9H2,1H3,(H,18,20,23)(H,19,21,24)/p+1. The first-order valence-corrected chi connectivity index (χ1v) is 8.74. The first kappa shape index (κ1) is 15.7. The Morgan fingerprint density at radius 1 is 0.960 bits per heavy atom. The summed E-state index contributed by atoms with van der Waals surface area (Å²) in [6.45, 7) is 1.04. The molecule has 1 unspecified atom stereocenters. The average Bonchev–Trinajstić information content (AvgIpc) is 3.04. The van der Waals surface area contributed by atoms with Crippen LogP contribution in [0.4, 0.5) is 0 Å². The van der Waals surface area contributed by atoms with E-state index in [2.05, 4.69) is 19.9 Å². The summed E-state index contributed by atoms with van der Waals surface area (Å²) in [6, 6.07) is 9.11. The molecule has 25 heavy (non-hydrogen) atoms. The lowest BCUT2D eigenvalue weighted by Gasteiger charge is -2.13. The molecule has 0 bridgehead atoms. The number of rotatable bonds is 4. The second kappa shape index (κ2) is 6.23. The van der Waals surface area contributed by atoms with Gasteiger partial charge in [-0.25, -0.2) is 9.97 Å². The van der Waals surface area contributed by atoms with Crippen molar-refractivity contribution in [2.75, 3.05) is 7.05 Å². The topological polar surface area (TPSA) is 95.9 Å². The summed E-state index contributed by atoms with van der Waals surface area (Å²) in [5, 5.41) is 2.44. The number of nitrogens with one attached hydrogen (secondary N) is 3. The molecule has 7 nitrogen and oxygen atoms in total. The Balaban J connectivity index is 1.58. The maximum atomic E-state index is 12.1. The molecule has 0 aliphatic heterocycles. The van der Waals surface area contributed by atoms with Gasteiger partial charge in [-0.2, -0.15) is 0 Å². The van der Waals surface area contributed by atoms with E-state index in [-0.39, 0.29) is 11.1 Å². The average molecular weight is 354 g/mol. The van der Waals surface area contributed by atoms with E-state index in [1.807, 2.05) is 36.7 Å². The van der Waals surface area contributed by atoms with Gasteiger partial charge < -0.3 is 14.9 Å². The van der Waals surface area contributed by atoms with Crippen LogP contribution in [0.15, 0.2) is 45.3 Å². The molecule has 3 aromatic heterocycles. The number of aromatic amines is 2. The first-order valence-electron chi connectivity index (χ1n) is 7.86. The maximum absolute atomic E-state index is 12.1. The number of quaternary nitrogens is 1. The number of H-pyrrole nitrogens is 2. The molecule has 0 saturated carbocycles. The summed E-state index contributed by atoms with van der Waals surface area (Å²) in [4.78, 5) is 39.9. The van der Waals surface area contributed by atoms with Crippen molar-refractivity contribution < 1.29 is 4.90 Å². The summed E-state index contributed by atoms with van der Waals surface area (Å²) in [7, 11) is 1.97. The molecule has 3 N–H and O–H groups in total. The number of thiophene rings is 1. The van der Waals surface area contributed by atoms with E-state index in [0.717, 1.165) is 4.90 Å². The SMILES string of the molecule is C[NH+](Cc1nc2ccccc2c(=O)[nH]1)Cc1nc2ccsc2c(=O)[nH]1. The van der Waals surface area contributed by atoms with Crippen LogP contribution in [0.2, 0.25) is 0 Å². The molecule has 3 heterocycles. The fourth-order valence-corrected chi connectivity index (χ4v) is 3.58. The molecule has 4 rings (SSSR count). The van der Waals surface area contributed by atoms with Gasteiger partial charge in [0.05, 0.1) is 23.5 Å². The monoisotopic (exact) mass is 354 g/mol. The van der Waals surface area contributed by atoms with Crippen LogP contribution in [0.5, 0.6) is 0 Å². The van der Waals surface area contributed by atoms with Crippen molar-refractivity contribution in [3.05, 3.63) is 68.1 Å². The zero-order chi connectivity index (χ0) is 17.4. The van der Waals surface area contributed by atoms with Crippen LogP contribution in [-0.2, 0) is 13.1 Å². The number of aromatic nitrogens is 4. The minimum Gasteiger partial charge on any atom is -0.325 e. The normalized spacial score (nSPS) is 12.7. The van der Waals surface area contributed by atoms with E-state index in [1.54, 1.807) is 6.07 Å². The summed E-state index contributed by atoms with van der Waals surface area (Å²) >= 11 is 1.38. The van der Waals surface area contributed by atoms with Crippen LogP contribution in [0.1, 0.15) is 11.6 Å². The van der Waals surface area contributed by atoms with Gasteiger partial charge >= 0.3 is 0 Å². The number of hydrogen-bond acceptors (Lipinski definition) is 5. The Morgan fingerprint density at radius 3 is 2.44 bits per heavy atom. The van der Waals surface area contributed by atoms with Gasteiger partial charge in [-0.1, -0.05) is 12.1 Å². The predicted molar refractivity (Wildman–Crippen MR) is 96.9 cm³/mol. The highest BCUT2D eigenvalue weighted by Crippen LogP contribution is 2.13. The van der Waals surface area contributed by atoms with Gasteiger partial charge in [0, 0.05) is 0 Å². The van der Waals surface area contributed by atoms with E-state index in [1.165, 1.54) is 11.3 Å². The van der Waals surface area contributed by atoms with Crippen LogP contribution < -0.4 is 16.0 Å². The smallest absolute Gasteiger partial charge is 0.269 e. The van der Waals surface area contributed by atoms with Crippen LogP contribution in [0.25, 0.3) is 21.1 Å². The highest BCUT2D eigenvalue weighted by Gasteiger charge is 2.12. The second-order valence-corrected chi connectivity index (χ2v) is 6.90. The molecular formula is C17H16N5O2S+. The molecule has 0 amide bonds. The molecule has 0 aliphatic carbocycles. The maximum Gasteiger partial charge on any atom is 0.269 e. The molecule has 0 radical (unpaired) electrons. The Bertz CT molecular complexity index is 1180. The molecule has 1 atom stereocenters. The molecule has 1 aromatic carbocycles. The van der Waals surface area contributed by atoms with Crippen molar-refractivity contribution in [3.63, 3.8) is 0 Å². The first-order chi connectivity index (χ1) is 12.1. The number of fused-ring (bicyclic) bond motifs is 2. The van der Waals surface area contributed by atoms with Gasteiger partial charge in [0.2, 0.25) is 0 Å². The van der Waals surface area contributed by atoms with Gasteiger partial charge in [0.25, 0.3) is 11.1 Å². The number of hydrogen-bond donors (Lipinski definition) is 3. The van der Waals surface area contributed by atoms with Crippen molar-refractivity contribution in [2.45, 2.75) is 13.1 Å². The molecule has 0 fully saturated rings. The lowest BCUT2D eigenvalue weighted by atomic mass is 10.2. The van der Waals surface area contributed by atoms with Gasteiger partial charge in [0.15, 0.2) is 11.6 Å². The lowest BCUT2D eigenvalue weighted by Crippen LogP contribution is -3.06. The van der Waals surface area contributed by atoms with Crippen LogP contribution in [0, 0.1) is 0 Å². The minimum absolute atomic E-state index is 0.111. The lowest BCUT2D eigenvalue weighted by molar-refractivity contribution is -0.909. The Labute approximate surface area is 146 Å². The Hall–Kier alpha value is -2.84. The van der Waals surface area contributed by atoms with E-state index in [9.17, 15) is 9.59 Å². The van der Waals surface area contributed by atoms with Crippen LogP contribution in [0.3, 0.4) is 0 Å². The highest BCUT2D eigenvalue weighted by molar-refractivity contribution is 7.17. The van der Waals surface area contributed by atoms with Gasteiger partial charge in [-0.3, -0.25) is 9.59 Å². The van der Waals surface area contributed by atoms with E-state index in [0.29, 0.717) is 45.9 Å². The van der Waals surface area contributed by atoms with E-state index < -0.39 is 0 Å². The van der Waals surface area contributed by atoms with Crippen molar-refractivity contribution in [3.8, 4) is 0 Å².